The maximum absolute atomic E-state index is 12.6. The lowest BCUT2D eigenvalue weighted by Gasteiger charge is -2.10. The van der Waals surface area contributed by atoms with Gasteiger partial charge in [0, 0.05) is 27.5 Å². The molecule has 0 spiro atoms. The van der Waals surface area contributed by atoms with Crippen molar-refractivity contribution in [3.63, 3.8) is 0 Å². The van der Waals surface area contributed by atoms with Gasteiger partial charge in [0.1, 0.15) is 0 Å². The molecule has 1 heterocycles. The highest BCUT2D eigenvalue weighted by Crippen LogP contribution is 2.35. The number of hydrogen-bond acceptors (Lipinski definition) is 3. The molecule has 0 fully saturated rings. The lowest BCUT2D eigenvalue weighted by Crippen LogP contribution is -2.13. The molecule has 0 saturated carbocycles. The molecule has 1 aliphatic rings. The number of allylic oxidation sites excluding steroid dienone is 1. The molecule has 24 heavy (non-hydrogen) atoms. The third kappa shape index (κ3) is 3.02. The fourth-order valence-electron chi connectivity index (χ4n) is 2.54. The van der Waals surface area contributed by atoms with Crippen LogP contribution in [-0.4, -0.2) is 14.3 Å². The molecule has 0 aromatic heterocycles. The maximum atomic E-state index is 12.6. The molecule has 2 aromatic rings. The Morgan fingerprint density at radius 2 is 1.75 bits per heavy atom. The number of anilines is 2. The molecule has 1 aliphatic heterocycles. The topological polar surface area (TPSA) is 75.3 Å². The fraction of sp³-hybridized carbons (Fsp3) is 0.118. The molecular formula is C17H15ClN2O3S. The summed E-state index contributed by atoms with van der Waals surface area (Å²) >= 11 is 5.80. The number of carbonyl (C=O) groups is 1. The number of halogens is 1. The Labute approximate surface area is 145 Å². The molecule has 0 radical (unpaired) electrons. The van der Waals surface area contributed by atoms with Crippen molar-refractivity contribution in [2.24, 2.45) is 0 Å². The summed E-state index contributed by atoms with van der Waals surface area (Å²) in [5, 5.41) is 3.26. The summed E-state index contributed by atoms with van der Waals surface area (Å²) in [7, 11) is -3.77. The molecule has 2 N–H and O–H groups in total. The zero-order valence-corrected chi connectivity index (χ0v) is 14.6. The Balaban J connectivity index is 2.00. The molecule has 7 heteroatoms. The largest absolute Gasteiger partial charge is 0.321 e. The van der Waals surface area contributed by atoms with Crippen LogP contribution < -0.4 is 10.0 Å². The number of fused-ring (bicyclic) bond motifs is 1. The first-order valence-corrected chi connectivity index (χ1v) is 9.06. The molecule has 0 unspecified atom stereocenters. The highest BCUT2D eigenvalue weighted by molar-refractivity contribution is 7.92. The lowest BCUT2D eigenvalue weighted by atomic mass is 10.0. The zero-order valence-electron chi connectivity index (χ0n) is 13.1. The Bertz CT molecular complexity index is 960. The average molecular weight is 363 g/mol. The van der Waals surface area contributed by atoms with Gasteiger partial charge in [-0.3, -0.25) is 9.52 Å². The first kappa shape index (κ1) is 16.5. The van der Waals surface area contributed by atoms with Gasteiger partial charge in [-0.05, 0) is 56.3 Å². The number of rotatable bonds is 3. The Morgan fingerprint density at radius 1 is 1.08 bits per heavy atom. The second-order valence-corrected chi connectivity index (χ2v) is 7.77. The molecule has 0 bridgehead atoms. The van der Waals surface area contributed by atoms with Crippen molar-refractivity contribution in [2.45, 2.75) is 18.7 Å². The monoisotopic (exact) mass is 362 g/mol. The predicted molar refractivity (Wildman–Crippen MR) is 95.6 cm³/mol. The molecule has 0 aliphatic carbocycles. The molecule has 0 atom stereocenters. The van der Waals surface area contributed by atoms with Crippen molar-refractivity contribution >= 4 is 44.5 Å². The van der Waals surface area contributed by atoms with Crippen LogP contribution in [0.1, 0.15) is 19.4 Å². The van der Waals surface area contributed by atoms with E-state index in [1.807, 2.05) is 13.8 Å². The third-order valence-electron chi connectivity index (χ3n) is 3.64. The van der Waals surface area contributed by atoms with E-state index in [9.17, 15) is 13.2 Å². The van der Waals surface area contributed by atoms with Gasteiger partial charge < -0.3 is 5.32 Å². The number of benzene rings is 2. The number of carbonyl (C=O) groups excluding carboxylic acids is 1. The highest BCUT2D eigenvalue weighted by atomic mass is 35.5. The summed E-state index contributed by atoms with van der Waals surface area (Å²) in [5.41, 5.74) is 2.96. The molecule has 3 rings (SSSR count). The van der Waals surface area contributed by atoms with Gasteiger partial charge in [0.2, 0.25) is 0 Å². The van der Waals surface area contributed by atoms with Crippen molar-refractivity contribution in [3.05, 3.63) is 58.6 Å². The van der Waals surface area contributed by atoms with Gasteiger partial charge in [0.05, 0.1) is 4.90 Å². The molecule has 5 nitrogen and oxygen atoms in total. The minimum absolute atomic E-state index is 0.0893. The van der Waals surface area contributed by atoms with Crippen LogP contribution in [0.5, 0.6) is 0 Å². The lowest BCUT2D eigenvalue weighted by molar-refractivity contribution is -0.110. The normalized spacial score (nSPS) is 13.5. The van der Waals surface area contributed by atoms with Crippen molar-refractivity contribution in [2.75, 3.05) is 10.0 Å². The molecule has 0 saturated heterocycles. The third-order valence-corrected chi connectivity index (χ3v) is 5.27. The summed E-state index contributed by atoms with van der Waals surface area (Å²) in [5.74, 6) is -0.217. The van der Waals surface area contributed by atoms with Crippen molar-refractivity contribution in [3.8, 4) is 0 Å². The highest BCUT2D eigenvalue weighted by Gasteiger charge is 2.27. The van der Waals surface area contributed by atoms with Crippen LogP contribution in [0.2, 0.25) is 5.02 Å². The smallest absolute Gasteiger partial charge is 0.261 e. The second-order valence-electron chi connectivity index (χ2n) is 5.65. The van der Waals surface area contributed by atoms with Crippen LogP contribution in [0.25, 0.3) is 5.57 Å². The first-order valence-electron chi connectivity index (χ1n) is 7.19. The number of amides is 1. The summed E-state index contributed by atoms with van der Waals surface area (Å²) in [6, 6.07) is 10.9. The number of sulfonamides is 1. The predicted octanol–water partition coefficient (Wildman–Crippen LogP) is 3.89. The van der Waals surface area contributed by atoms with Crippen LogP contribution in [-0.2, 0) is 14.8 Å². The van der Waals surface area contributed by atoms with Gasteiger partial charge in [-0.2, -0.15) is 0 Å². The minimum atomic E-state index is -3.77. The van der Waals surface area contributed by atoms with E-state index in [0.29, 0.717) is 27.5 Å². The standard InChI is InChI=1S/C17H15ClN2O3S/c1-10(2)16-14-9-13(7-8-15(14)19-17(16)21)24(22,23)20-12-5-3-11(18)4-6-12/h3-9,20H,1-2H3,(H,19,21). The van der Waals surface area contributed by atoms with Crippen molar-refractivity contribution in [1.82, 2.24) is 0 Å². The Morgan fingerprint density at radius 3 is 2.38 bits per heavy atom. The fourth-order valence-corrected chi connectivity index (χ4v) is 3.75. The van der Waals surface area contributed by atoms with Crippen LogP contribution in [0.4, 0.5) is 11.4 Å². The Hall–Kier alpha value is -2.31. The molecular weight excluding hydrogens is 348 g/mol. The summed E-state index contributed by atoms with van der Waals surface area (Å²) in [6.07, 6.45) is 0. The van der Waals surface area contributed by atoms with Gasteiger partial charge in [0.15, 0.2) is 0 Å². The van der Waals surface area contributed by atoms with Crippen molar-refractivity contribution in [1.29, 1.82) is 0 Å². The van der Waals surface area contributed by atoms with E-state index in [1.165, 1.54) is 12.1 Å². The zero-order chi connectivity index (χ0) is 17.5. The van der Waals surface area contributed by atoms with Gasteiger partial charge in [0.25, 0.3) is 15.9 Å². The van der Waals surface area contributed by atoms with Gasteiger partial charge in [-0.15, -0.1) is 0 Å². The Kier molecular flexibility index (Phi) is 4.11. The van der Waals surface area contributed by atoms with E-state index in [2.05, 4.69) is 10.0 Å². The SMILES string of the molecule is CC(C)=C1C(=O)Nc2ccc(S(=O)(=O)Nc3ccc(Cl)cc3)cc21. The van der Waals surface area contributed by atoms with Gasteiger partial charge in [-0.25, -0.2) is 8.42 Å². The maximum Gasteiger partial charge on any atom is 0.261 e. The van der Waals surface area contributed by atoms with Crippen LogP contribution in [0.15, 0.2) is 52.9 Å². The summed E-state index contributed by atoms with van der Waals surface area (Å²) < 4.78 is 27.7. The van der Waals surface area contributed by atoms with Gasteiger partial charge >= 0.3 is 0 Å². The van der Waals surface area contributed by atoms with Crippen LogP contribution in [0, 0.1) is 0 Å². The number of hydrogen-bond donors (Lipinski definition) is 2. The van der Waals surface area contributed by atoms with Crippen molar-refractivity contribution < 1.29 is 13.2 Å². The van der Waals surface area contributed by atoms with E-state index < -0.39 is 10.0 Å². The van der Waals surface area contributed by atoms with E-state index in [-0.39, 0.29) is 10.8 Å². The van der Waals surface area contributed by atoms with E-state index in [0.717, 1.165) is 5.57 Å². The average Bonchev–Trinajstić information content (AvgIpc) is 2.84. The molecule has 1 amide bonds. The van der Waals surface area contributed by atoms with E-state index in [1.54, 1.807) is 30.3 Å². The van der Waals surface area contributed by atoms with E-state index in [4.69, 9.17) is 11.6 Å². The second kappa shape index (κ2) is 5.96. The summed E-state index contributed by atoms with van der Waals surface area (Å²) in [6.45, 7) is 3.63. The molecule has 2 aromatic carbocycles. The van der Waals surface area contributed by atoms with E-state index >= 15 is 0 Å². The van der Waals surface area contributed by atoms with Crippen LogP contribution in [0.3, 0.4) is 0 Å². The number of nitrogens with one attached hydrogen (secondary N) is 2. The quantitative estimate of drug-likeness (QED) is 0.813. The first-order chi connectivity index (χ1) is 11.3. The molecule has 124 valence electrons. The van der Waals surface area contributed by atoms with Gasteiger partial charge in [-0.1, -0.05) is 17.2 Å². The summed E-state index contributed by atoms with van der Waals surface area (Å²) in [4.78, 5) is 12.1. The minimum Gasteiger partial charge on any atom is -0.321 e. The van der Waals surface area contributed by atoms with Crippen LogP contribution >= 0.6 is 11.6 Å².